The van der Waals surface area contributed by atoms with Gasteiger partial charge in [0.15, 0.2) is 0 Å². The molecule has 0 atom stereocenters. The Morgan fingerprint density at radius 2 is 1.25 bits per heavy atom. The number of hydrogen-bond donors (Lipinski definition) is 0. The van der Waals surface area contributed by atoms with Crippen molar-refractivity contribution in [2.45, 2.75) is 25.6 Å². The first-order valence-electron chi connectivity index (χ1n) is 3.64. The van der Waals surface area contributed by atoms with Gasteiger partial charge in [0.2, 0.25) is 0 Å². The predicted octanol–water partition coefficient (Wildman–Crippen LogP) is 2.57. The quantitative estimate of drug-likeness (QED) is 0.693. The summed E-state index contributed by atoms with van der Waals surface area (Å²) in [4.78, 5) is 8.57. The SMILES string of the molecule is Cc1nc(CCl)c(C)nc1CCl. The minimum Gasteiger partial charge on any atom is -0.253 e. The van der Waals surface area contributed by atoms with Crippen LogP contribution in [0.3, 0.4) is 0 Å². The van der Waals surface area contributed by atoms with Gasteiger partial charge in [-0.15, -0.1) is 23.2 Å². The van der Waals surface area contributed by atoms with E-state index in [1.807, 2.05) is 13.8 Å². The molecule has 0 radical (unpaired) electrons. The van der Waals surface area contributed by atoms with E-state index in [1.165, 1.54) is 0 Å². The third-order valence-electron chi connectivity index (χ3n) is 1.69. The Bertz CT molecular complexity index is 257. The van der Waals surface area contributed by atoms with Crippen LogP contribution in [0.2, 0.25) is 0 Å². The number of rotatable bonds is 2. The Labute approximate surface area is 81.9 Å². The van der Waals surface area contributed by atoms with Gasteiger partial charge in [-0.25, -0.2) is 0 Å². The number of nitrogens with zero attached hydrogens (tertiary/aromatic N) is 2. The van der Waals surface area contributed by atoms with Gasteiger partial charge in [-0.2, -0.15) is 0 Å². The highest BCUT2D eigenvalue weighted by molar-refractivity contribution is 6.17. The van der Waals surface area contributed by atoms with Gasteiger partial charge in [0.25, 0.3) is 0 Å². The van der Waals surface area contributed by atoms with Crippen molar-refractivity contribution in [1.29, 1.82) is 0 Å². The summed E-state index contributed by atoms with van der Waals surface area (Å²) in [6.07, 6.45) is 0. The molecule has 0 bridgehead atoms. The molecule has 0 aromatic carbocycles. The van der Waals surface area contributed by atoms with Crippen molar-refractivity contribution >= 4 is 23.2 Å². The van der Waals surface area contributed by atoms with Crippen molar-refractivity contribution in [3.63, 3.8) is 0 Å². The number of halogens is 2. The van der Waals surface area contributed by atoms with Crippen LogP contribution in [0.1, 0.15) is 22.8 Å². The molecule has 0 fully saturated rings. The van der Waals surface area contributed by atoms with Gasteiger partial charge < -0.3 is 0 Å². The Morgan fingerprint density at radius 1 is 0.917 bits per heavy atom. The predicted molar refractivity (Wildman–Crippen MR) is 50.6 cm³/mol. The fraction of sp³-hybridized carbons (Fsp3) is 0.500. The van der Waals surface area contributed by atoms with Crippen molar-refractivity contribution in [1.82, 2.24) is 9.97 Å². The maximum Gasteiger partial charge on any atom is 0.0766 e. The second-order valence-electron chi connectivity index (χ2n) is 2.56. The van der Waals surface area contributed by atoms with Crippen molar-refractivity contribution in [2.75, 3.05) is 0 Å². The van der Waals surface area contributed by atoms with E-state index in [0.717, 1.165) is 22.8 Å². The molecule has 0 aliphatic heterocycles. The first-order valence-corrected chi connectivity index (χ1v) is 4.71. The molecule has 0 aliphatic carbocycles. The monoisotopic (exact) mass is 204 g/mol. The van der Waals surface area contributed by atoms with Crippen molar-refractivity contribution < 1.29 is 0 Å². The zero-order valence-corrected chi connectivity index (χ0v) is 8.58. The summed E-state index contributed by atoms with van der Waals surface area (Å²) < 4.78 is 0. The van der Waals surface area contributed by atoms with Gasteiger partial charge in [0.05, 0.1) is 34.5 Å². The Kier molecular flexibility index (Phi) is 3.29. The summed E-state index contributed by atoms with van der Waals surface area (Å²) in [5.41, 5.74) is 3.41. The number of hydrogen-bond acceptors (Lipinski definition) is 2. The third-order valence-corrected chi connectivity index (χ3v) is 2.20. The molecule has 1 heterocycles. The summed E-state index contributed by atoms with van der Waals surface area (Å²) in [5.74, 6) is 0.810. The van der Waals surface area contributed by atoms with E-state index in [4.69, 9.17) is 23.2 Å². The van der Waals surface area contributed by atoms with E-state index in [2.05, 4.69) is 9.97 Å². The zero-order chi connectivity index (χ0) is 9.14. The summed E-state index contributed by atoms with van der Waals surface area (Å²) in [7, 11) is 0. The minimum atomic E-state index is 0.405. The van der Waals surface area contributed by atoms with Crippen molar-refractivity contribution in [3.05, 3.63) is 22.8 Å². The smallest absolute Gasteiger partial charge is 0.0766 e. The van der Waals surface area contributed by atoms with Gasteiger partial charge in [0.1, 0.15) is 0 Å². The van der Waals surface area contributed by atoms with Gasteiger partial charge in [-0.1, -0.05) is 0 Å². The average Bonchev–Trinajstić information content (AvgIpc) is 2.08. The van der Waals surface area contributed by atoms with Crippen LogP contribution >= 0.6 is 23.2 Å². The lowest BCUT2D eigenvalue weighted by Crippen LogP contribution is -2.02. The van der Waals surface area contributed by atoms with Crippen LogP contribution in [0.15, 0.2) is 0 Å². The highest BCUT2D eigenvalue weighted by atomic mass is 35.5. The topological polar surface area (TPSA) is 25.8 Å². The molecule has 0 N–H and O–H groups in total. The van der Waals surface area contributed by atoms with Crippen LogP contribution in [0.4, 0.5) is 0 Å². The lowest BCUT2D eigenvalue weighted by molar-refractivity contribution is 0.939. The van der Waals surface area contributed by atoms with Crippen LogP contribution in [0.5, 0.6) is 0 Å². The lowest BCUT2D eigenvalue weighted by Gasteiger charge is -2.05. The van der Waals surface area contributed by atoms with Crippen molar-refractivity contribution in [3.8, 4) is 0 Å². The van der Waals surface area contributed by atoms with Gasteiger partial charge in [-0.3, -0.25) is 9.97 Å². The fourth-order valence-corrected chi connectivity index (χ4v) is 1.46. The molecular weight excluding hydrogens is 195 g/mol. The van der Waals surface area contributed by atoms with Gasteiger partial charge >= 0.3 is 0 Å². The lowest BCUT2D eigenvalue weighted by atomic mass is 10.3. The average molecular weight is 205 g/mol. The van der Waals surface area contributed by atoms with Crippen LogP contribution in [0.25, 0.3) is 0 Å². The molecule has 12 heavy (non-hydrogen) atoms. The minimum absolute atomic E-state index is 0.405. The van der Waals surface area contributed by atoms with Crippen LogP contribution in [0, 0.1) is 13.8 Å². The highest BCUT2D eigenvalue weighted by Crippen LogP contribution is 2.11. The van der Waals surface area contributed by atoms with Crippen molar-refractivity contribution in [2.24, 2.45) is 0 Å². The van der Waals surface area contributed by atoms with E-state index in [1.54, 1.807) is 0 Å². The first kappa shape index (κ1) is 9.75. The van der Waals surface area contributed by atoms with E-state index >= 15 is 0 Å². The molecule has 1 aromatic rings. The summed E-state index contributed by atoms with van der Waals surface area (Å²) >= 11 is 11.3. The molecule has 66 valence electrons. The van der Waals surface area contributed by atoms with Gasteiger partial charge in [-0.05, 0) is 13.8 Å². The fourth-order valence-electron chi connectivity index (χ4n) is 0.949. The number of alkyl halides is 2. The van der Waals surface area contributed by atoms with Gasteiger partial charge in [0, 0.05) is 0 Å². The second-order valence-corrected chi connectivity index (χ2v) is 3.09. The summed E-state index contributed by atoms with van der Waals surface area (Å²) in [6.45, 7) is 3.78. The molecule has 1 aromatic heterocycles. The normalized spacial score (nSPS) is 10.3. The van der Waals surface area contributed by atoms with Crippen LogP contribution in [-0.2, 0) is 11.8 Å². The molecule has 2 nitrogen and oxygen atoms in total. The number of aryl methyl sites for hydroxylation is 2. The Hall–Kier alpha value is -0.340. The maximum atomic E-state index is 5.66. The zero-order valence-electron chi connectivity index (χ0n) is 7.06. The highest BCUT2D eigenvalue weighted by Gasteiger charge is 2.05. The Morgan fingerprint density at radius 3 is 1.50 bits per heavy atom. The Balaban J connectivity index is 3.16. The van der Waals surface area contributed by atoms with E-state index in [0.29, 0.717) is 11.8 Å². The number of aromatic nitrogens is 2. The standard InChI is InChI=1S/C8H10Cl2N2/c1-5-7(3-9)12-6(2)8(4-10)11-5/h3-4H2,1-2H3. The van der Waals surface area contributed by atoms with Crippen LogP contribution < -0.4 is 0 Å². The summed E-state index contributed by atoms with van der Waals surface area (Å²) in [5, 5.41) is 0. The first-order chi connectivity index (χ1) is 5.69. The van der Waals surface area contributed by atoms with E-state index < -0.39 is 0 Å². The summed E-state index contributed by atoms with van der Waals surface area (Å²) in [6, 6.07) is 0. The molecule has 1 rings (SSSR count). The van der Waals surface area contributed by atoms with Crippen LogP contribution in [-0.4, -0.2) is 9.97 Å². The largest absolute Gasteiger partial charge is 0.253 e. The maximum absolute atomic E-state index is 5.66. The molecule has 0 amide bonds. The molecule has 0 aliphatic rings. The van der Waals surface area contributed by atoms with E-state index in [-0.39, 0.29) is 0 Å². The third kappa shape index (κ3) is 1.87. The molecule has 0 unspecified atom stereocenters. The van der Waals surface area contributed by atoms with E-state index in [9.17, 15) is 0 Å². The molecular formula is C8H10Cl2N2. The molecule has 0 saturated carbocycles. The molecule has 0 saturated heterocycles. The second kappa shape index (κ2) is 4.06. The molecule has 4 heteroatoms. The molecule has 0 spiro atoms.